The zero-order valence-electron chi connectivity index (χ0n) is 15.8. The van der Waals surface area contributed by atoms with Gasteiger partial charge in [0, 0.05) is 32.7 Å². The molecule has 0 spiro atoms. The fraction of sp³-hybridized carbons (Fsp3) is 0.0385. The van der Waals surface area contributed by atoms with Crippen molar-refractivity contribution in [2.24, 2.45) is 0 Å². The number of hydrogen-bond acceptors (Lipinski definition) is 2. The van der Waals surface area contributed by atoms with Crippen molar-refractivity contribution in [3.8, 4) is 28.1 Å². The minimum absolute atomic E-state index is 0.437. The molecule has 0 radical (unpaired) electrons. The molecule has 0 unspecified atom stereocenters. The molecule has 0 N–H and O–H groups in total. The van der Waals surface area contributed by atoms with Gasteiger partial charge in [-0.15, -0.1) is 0 Å². The third-order valence-electron chi connectivity index (χ3n) is 5.69. The molecule has 0 bridgehead atoms. The van der Waals surface area contributed by atoms with Crippen LogP contribution in [0.1, 0.15) is 5.56 Å². The maximum absolute atomic E-state index is 6.59. The van der Waals surface area contributed by atoms with Crippen LogP contribution in [0.25, 0.3) is 44.1 Å². The molecule has 0 saturated heterocycles. The number of benzene rings is 4. The Kier molecular flexibility index (Phi) is 3.98. The summed E-state index contributed by atoms with van der Waals surface area (Å²) in [5.74, 6) is 0.888. The van der Waals surface area contributed by atoms with E-state index >= 15 is 0 Å². The molecular weight excluding hydrogens is 413 g/mol. The molecule has 1 aromatic heterocycles. The van der Waals surface area contributed by atoms with Crippen molar-refractivity contribution in [1.29, 1.82) is 0 Å². The SMILES string of the molecule is Clc1ccc(-c2nc3ccc4ccccc4c3c3c2COc2ccccc2-3)c(Cl)c1. The molecule has 0 amide bonds. The maximum atomic E-state index is 6.59. The van der Waals surface area contributed by atoms with Crippen molar-refractivity contribution in [1.82, 2.24) is 4.98 Å². The van der Waals surface area contributed by atoms with Crippen LogP contribution in [0.3, 0.4) is 0 Å². The first kappa shape index (κ1) is 17.8. The normalized spacial score (nSPS) is 12.5. The number of para-hydroxylation sites is 1. The summed E-state index contributed by atoms with van der Waals surface area (Å²) in [4.78, 5) is 5.06. The summed E-state index contributed by atoms with van der Waals surface area (Å²) in [5, 5.41) is 4.70. The average molecular weight is 428 g/mol. The van der Waals surface area contributed by atoms with Crippen molar-refractivity contribution in [2.75, 3.05) is 0 Å². The molecule has 1 aliphatic heterocycles. The highest BCUT2D eigenvalue weighted by Crippen LogP contribution is 2.47. The summed E-state index contributed by atoms with van der Waals surface area (Å²) in [7, 11) is 0. The predicted molar refractivity (Wildman–Crippen MR) is 124 cm³/mol. The quantitative estimate of drug-likeness (QED) is 0.253. The second-order valence-electron chi connectivity index (χ2n) is 7.40. The lowest BCUT2D eigenvalue weighted by Crippen LogP contribution is -2.09. The van der Waals surface area contributed by atoms with Crippen molar-refractivity contribution in [3.05, 3.63) is 94.5 Å². The van der Waals surface area contributed by atoms with Crippen LogP contribution in [0.4, 0.5) is 0 Å². The second-order valence-corrected chi connectivity index (χ2v) is 8.25. The number of fused-ring (bicyclic) bond motifs is 7. The van der Waals surface area contributed by atoms with Crippen LogP contribution in [-0.2, 0) is 6.61 Å². The Morgan fingerprint density at radius 3 is 2.53 bits per heavy atom. The Morgan fingerprint density at radius 2 is 1.63 bits per heavy atom. The van der Waals surface area contributed by atoms with Gasteiger partial charge in [-0.1, -0.05) is 71.7 Å². The summed E-state index contributed by atoms with van der Waals surface area (Å²) in [6, 6.07) is 26.4. The molecule has 2 nitrogen and oxygen atoms in total. The Labute approximate surface area is 183 Å². The molecule has 5 aromatic rings. The molecule has 0 aliphatic carbocycles. The fourth-order valence-electron chi connectivity index (χ4n) is 4.36. The van der Waals surface area contributed by atoms with E-state index in [0.717, 1.165) is 39.0 Å². The van der Waals surface area contributed by atoms with Gasteiger partial charge >= 0.3 is 0 Å². The van der Waals surface area contributed by atoms with E-state index < -0.39 is 0 Å². The Morgan fingerprint density at radius 1 is 0.800 bits per heavy atom. The molecule has 1 aliphatic rings. The van der Waals surface area contributed by atoms with Crippen LogP contribution in [0.15, 0.2) is 78.9 Å². The first-order valence-corrected chi connectivity index (χ1v) is 10.5. The van der Waals surface area contributed by atoms with Gasteiger partial charge in [0.25, 0.3) is 0 Å². The van der Waals surface area contributed by atoms with E-state index in [1.165, 1.54) is 16.3 Å². The van der Waals surface area contributed by atoms with Gasteiger partial charge in [0.05, 0.1) is 16.2 Å². The zero-order chi connectivity index (χ0) is 20.2. The number of nitrogens with zero attached hydrogens (tertiary/aromatic N) is 1. The first-order chi connectivity index (χ1) is 14.7. The Balaban J connectivity index is 1.81. The van der Waals surface area contributed by atoms with E-state index in [1.54, 1.807) is 6.07 Å². The highest BCUT2D eigenvalue weighted by Gasteiger charge is 2.26. The van der Waals surface area contributed by atoms with Crippen LogP contribution in [0.2, 0.25) is 10.0 Å². The predicted octanol–water partition coefficient (Wildman–Crippen LogP) is 7.92. The van der Waals surface area contributed by atoms with Crippen molar-refractivity contribution in [2.45, 2.75) is 6.61 Å². The van der Waals surface area contributed by atoms with Crippen LogP contribution >= 0.6 is 23.2 Å². The highest BCUT2D eigenvalue weighted by atomic mass is 35.5. The van der Waals surface area contributed by atoms with Gasteiger partial charge in [-0.2, -0.15) is 0 Å². The van der Waals surface area contributed by atoms with E-state index in [2.05, 4.69) is 42.5 Å². The number of halogens is 2. The van der Waals surface area contributed by atoms with E-state index in [0.29, 0.717) is 16.7 Å². The largest absolute Gasteiger partial charge is 0.488 e. The maximum Gasteiger partial charge on any atom is 0.127 e. The lowest BCUT2D eigenvalue weighted by Gasteiger charge is -2.25. The lowest BCUT2D eigenvalue weighted by molar-refractivity contribution is 0.303. The molecule has 4 aromatic carbocycles. The van der Waals surface area contributed by atoms with Gasteiger partial charge in [0.1, 0.15) is 12.4 Å². The summed E-state index contributed by atoms with van der Waals surface area (Å²) in [5.41, 5.74) is 5.92. The van der Waals surface area contributed by atoms with Crippen LogP contribution in [0.5, 0.6) is 5.75 Å². The third kappa shape index (κ3) is 2.61. The van der Waals surface area contributed by atoms with Gasteiger partial charge in [-0.25, -0.2) is 4.98 Å². The number of rotatable bonds is 1. The summed E-state index contributed by atoms with van der Waals surface area (Å²) < 4.78 is 6.13. The third-order valence-corrected chi connectivity index (χ3v) is 6.24. The van der Waals surface area contributed by atoms with Gasteiger partial charge in [-0.3, -0.25) is 0 Å². The fourth-order valence-corrected chi connectivity index (χ4v) is 4.86. The van der Waals surface area contributed by atoms with Gasteiger partial charge in [0.2, 0.25) is 0 Å². The Bertz CT molecular complexity index is 1480. The van der Waals surface area contributed by atoms with E-state index in [1.807, 2.05) is 30.3 Å². The summed E-state index contributed by atoms with van der Waals surface area (Å²) in [6.45, 7) is 0.437. The average Bonchev–Trinajstić information content (AvgIpc) is 2.78. The van der Waals surface area contributed by atoms with Crippen molar-refractivity contribution < 1.29 is 4.74 Å². The zero-order valence-corrected chi connectivity index (χ0v) is 17.3. The van der Waals surface area contributed by atoms with Crippen LogP contribution in [-0.4, -0.2) is 4.98 Å². The summed E-state index contributed by atoms with van der Waals surface area (Å²) in [6.07, 6.45) is 0. The van der Waals surface area contributed by atoms with E-state index in [9.17, 15) is 0 Å². The molecule has 0 fully saturated rings. The van der Waals surface area contributed by atoms with Gasteiger partial charge in [0.15, 0.2) is 0 Å². The molecule has 4 heteroatoms. The van der Waals surface area contributed by atoms with Crippen molar-refractivity contribution >= 4 is 44.9 Å². The molecule has 0 saturated carbocycles. The number of ether oxygens (including phenoxy) is 1. The number of pyridine rings is 1. The molecule has 0 atom stereocenters. The molecule has 144 valence electrons. The number of aromatic nitrogens is 1. The van der Waals surface area contributed by atoms with Gasteiger partial charge in [-0.05, 0) is 41.1 Å². The highest BCUT2D eigenvalue weighted by molar-refractivity contribution is 6.36. The van der Waals surface area contributed by atoms with Crippen LogP contribution in [0, 0.1) is 0 Å². The van der Waals surface area contributed by atoms with Gasteiger partial charge < -0.3 is 4.74 Å². The Hall–Kier alpha value is -3.07. The minimum atomic E-state index is 0.437. The molecule has 2 heterocycles. The standard InChI is InChI=1S/C26H15Cl2NO/c27-16-10-11-18(21(28)13-16)26-20-14-30-23-8-4-3-7-19(23)24(20)25-17-6-2-1-5-15(17)9-12-22(25)29-26/h1-13H,14H2. The monoisotopic (exact) mass is 427 g/mol. The smallest absolute Gasteiger partial charge is 0.127 e. The first-order valence-electron chi connectivity index (χ1n) is 9.72. The van der Waals surface area contributed by atoms with Crippen molar-refractivity contribution in [3.63, 3.8) is 0 Å². The topological polar surface area (TPSA) is 22.1 Å². The van der Waals surface area contributed by atoms with E-state index in [4.69, 9.17) is 32.9 Å². The second kappa shape index (κ2) is 6.73. The van der Waals surface area contributed by atoms with E-state index in [-0.39, 0.29) is 0 Å². The van der Waals surface area contributed by atoms with Crippen LogP contribution < -0.4 is 4.74 Å². The molecule has 6 rings (SSSR count). The molecule has 30 heavy (non-hydrogen) atoms. The lowest BCUT2D eigenvalue weighted by atomic mass is 9.88. The molecular formula is C26H15Cl2NO. The number of hydrogen-bond donors (Lipinski definition) is 0. The minimum Gasteiger partial charge on any atom is -0.488 e. The summed E-state index contributed by atoms with van der Waals surface area (Å²) >= 11 is 12.7.